The molecule has 0 saturated carbocycles. The second kappa shape index (κ2) is 9.74. The molecule has 0 aliphatic heterocycles. The van der Waals surface area contributed by atoms with Crippen LogP contribution in [0.25, 0.3) is 22.0 Å². The number of methoxy groups -OCH3 is 1. The molecule has 1 N–H and O–H groups in total. The van der Waals surface area contributed by atoms with Crippen LogP contribution in [0.5, 0.6) is 11.5 Å². The zero-order chi connectivity index (χ0) is 22.5. The lowest BCUT2D eigenvalue weighted by Gasteiger charge is -2.14. The van der Waals surface area contributed by atoms with Crippen LogP contribution < -0.4 is 14.2 Å². The third kappa shape index (κ3) is 4.86. The van der Waals surface area contributed by atoms with E-state index < -0.39 is 11.0 Å². The molecule has 2 aromatic heterocycles. The summed E-state index contributed by atoms with van der Waals surface area (Å²) in [4.78, 5) is 13.2. The van der Waals surface area contributed by atoms with E-state index in [0.717, 1.165) is 27.8 Å². The Bertz CT molecular complexity index is 1250. The van der Waals surface area contributed by atoms with Gasteiger partial charge in [-0.05, 0) is 47.7 Å². The number of hydrogen-bond donors (Lipinski definition) is 1. The van der Waals surface area contributed by atoms with Crippen LogP contribution in [0.2, 0.25) is 0 Å². The van der Waals surface area contributed by atoms with E-state index in [2.05, 4.69) is 33.5 Å². The van der Waals surface area contributed by atoms with E-state index in [4.69, 9.17) is 9.47 Å². The molecule has 0 saturated heterocycles. The number of nitrogens with zero attached hydrogens (tertiary/aromatic N) is 3. The van der Waals surface area contributed by atoms with Gasteiger partial charge in [-0.2, -0.15) is 0 Å². The van der Waals surface area contributed by atoms with Gasteiger partial charge in [-0.15, -0.1) is 0 Å². The quantitative estimate of drug-likeness (QED) is 0.414. The lowest BCUT2D eigenvalue weighted by atomic mass is 10.0. The maximum atomic E-state index is 12.8. The second-order valence-corrected chi connectivity index (χ2v) is 8.79. The van der Waals surface area contributed by atoms with Gasteiger partial charge in [0.1, 0.15) is 23.6 Å². The Hall–Kier alpha value is -3.52. The van der Waals surface area contributed by atoms with E-state index in [1.54, 1.807) is 25.6 Å². The normalized spacial score (nSPS) is 12.0. The number of ether oxygens (including phenoxy) is 2. The molecule has 7 nitrogen and oxygen atoms in total. The van der Waals surface area contributed by atoms with Gasteiger partial charge in [0.15, 0.2) is 11.0 Å². The first-order valence-corrected chi connectivity index (χ1v) is 11.3. The molecule has 0 bridgehead atoms. The van der Waals surface area contributed by atoms with Crippen LogP contribution in [-0.2, 0) is 11.0 Å². The van der Waals surface area contributed by atoms with Crippen LogP contribution in [0.4, 0.5) is 5.82 Å². The highest BCUT2D eigenvalue weighted by Gasteiger charge is 2.14. The molecule has 0 radical (unpaired) electrons. The highest BCUT2D eigenvalue weighted by Crippen LogP contribution is 2.36. The molecule has 164 valence electrons. The number of benzene rings is 2. The molecule has 2 aromatic carbocycles. The van der Waals surface area contributed by atoms with E-state index in [0.29, 0.717) is 29.0 Å². The van der Waals surface area contributed by atoms with Crippen molar-refractivity contribution in [1.82, 2.24) is 15.0 Å². The van der Waals surface area contributed by atoms with Crippen molar-refractivity contribution in [3.63, 3.8) is 0 Å². The van der Waals surface area contributed by atoms with Gasteiger partial charge in [-0.1, -0.05) is 19.9 Å². The molecule has 0 fully saturated rings. The van der Waals surface area contributed by atoms with E-state index in [9.17, 15) is 4.21 Å². The summed E-state index contributed by atoms with van der Waals surface area (Å²) in [5.41, 5.74) is 1.65. The molecule has 2 heterocycles. The average molecular weight is 449 g/mol. The van der Waals surface area contributed by atoms with Crippen LogP contribution in [0.1, 0.15) is 13.8 Å². The third-order valence-corrected chi connectivity index (χ3v) is 5.82. The van der Waals surface area contributed by atoms with Gasteiger partial charge >= 0.3 is 0 Å². The Morgan fingerprint density at radius 2 is 1.91 bits per heavy atom. The SMILES string of the molecule is COc1cc(OCC(C)C)ccc1-c1nccc2cc(S(=O)Nc3ccncn3)ccc12. The number of aromatic nitrogens is 3. The topological polar surface area (TPSA) is 86.2 Å². The molecule has 0 spiro atoms. The molecule has 4 rings (SSSR count). The zero-order valence-corrected chi connectivity index (χ0v) is 18.9. The van der Waals surface area contributed by atoms with Crippen LogP contribution in [0.3, 0.4) is 0 Å². The molecule has 32 heavy (non-hydrogen) atoms. The number of nitrogens with one attached hydrogen (secondary N) is 1. The van der Waals surface area contributed by atoms with E-state index in [1.807, 2.05) is 42.5 Å². The predicted octanol–water partition coefficient (Wildman–Crippen LogP) is 4.87. The smallest absolute Gasteiger partial charge is 0.151 e. The second-order valence-electron chi connectivity index (χ2n) is 7.57. The minimum absolute atomic E-state index is 0.434. The fraction of sp³-hybridized carbons (Fsp3) is 0.208. The van der Waals surface area contributed by atoms with Gasteiger partial charge in [-0.3, -0.25) is 9.71 Å². The summed E-state index contributed by atoms with van der Waals surface area (Å²) in [5.74, 6) is 2.37. The summed E-state index contributed by atoms with van der Waals surface area (Å²) in [7, 11) is 0.176. The van der Waals surface area contributed by atoms with Gasteiger partial charge in [0.25, 0.3) is 0 Å². The summed E-state index contributed by atoms with van der Waals surface area (Å²) in [6.45, 7) is 4.85. The Labute approximate surface area is 189 Å². The van der Waals surface area contributed by atoms with E-state index in [1.165, 1.54) is 6.33 Å². The van der Waals surface area contributed by atoms with Gasteiger partial charge < -0.3 is 9.47 Å². The monoisotopic (exact) mass is 448 g/mol. The van der Waals surface area contributed by atoms with Crippen molar-refractivity contribution < 1.29 is 13.7 Å². The van der Waals surface area contributed by atoms with Gasteiger partial charge in [0.05, 0.1) is 24.3 Å². The highest BCUT2D eigenvalue weighted by molar-refractivity contribution is 7.86. The number of pyridine rings is 1. The molecule has 1 unspecified atom stereocenters. The minimum Gasteiger partial charge on any atom is -0.496 e. The van der Waals surface area contributed by atoms with Crippen molar-refractivity contribution in [3.05, 3.63) is 67.3 Å². The summed E-state index contributed by atoms with van der Waals surface area (Å²) < 4.78 is 27.1. The summed E-state index contributed by atoms with van der Waals surface area (Å²) in [6.07, 6.45) is 4.74. The lowest BCUT2D eigenvalue weighted by molar-refractivity contribution is 0.269. The first-order chi connectivity index (χ1) is 15.5. The molecule has 8 heteroatoms. The van der Waals surface area contributed by atoms with Gasteiger partial charge in [-0.25, -0.2) is 14.2 Å². The first-order valence-electron chi connectivity index (χ1n) is 10.2. The number of hydrogen-bond acceptors (Lipinski definition) is 6. The summed E-state index contributed by atoms with van der Waals surface area (Å²) >= 11 is 0. The van der Waals surface area contributed by atoms with Crippen molar-refractivity contribution >= 4 is 27.6 Å². The van der Waals surface area contributed by atoms with Crippen molar-refractivity contribution in [3.8, 4) is 22.8 Å². The van der Waals surface area contributed by atoms with E-state index in [-0.39, 0.29) is 0 Å². The van der Waals surface area contributed by atoms with Gasteiger partial charge in [0.2, 0.25) is 0 Å². The van der Waals surface area contributed by atoms with Crippen molar-refractivity contribution in [2.45, 2.75) is 18.7 Å². The fourth-order valence-electron chi connectivity index (χ4n) is 3.21. The third-order valence-electron chi connectivity index (χ3n) is 4.74. The Balaban J connectivity index is 1.66. The maximum Gasteiger partial charge on any atom is 0.151 e. The summed E-state index contributed by atoms with van der Waals surface area (Å²) in [6, 6.07) is 15.0. The Morgan fingerprint density at radius 3 is 2.66 bits per heavy atom. The molecular formula is C24H24N4O3S. The largest absolute Gasteiger partial charge is 0.496 e. The van der Waals surface area contributed by atoms with Crippen LogP contribution in [-0.4, -0.2) is 32.9 Å². The van der Waals surface area contributed by atoms with Crippen molar-refractivity contribution in [2.24, 2.45) is 5.92 Å². The molecular weight excluding hydrogens is 424 g/mol. The Kier molecular flexibility index (Phi) is 6.61. The first kappa shape index (κ1) is 21.7. The molecule has 0 aliphatic rings. The summed E-state index contributed by atoms with van der Waals surface area (Å²) in [5, 5.41) is 1.86. The minimum atomic E-state index is -1.46. The maximum absolute atomic E-state index is 12.8. The fourth-order valence-corrected chi connectivity index (χ4v) is 4.06. The highest BCUT2D eigenvalue weighted by atomic mass is 32.2. The van der Waals surface area contributed by atoms with Crippen LogP contribution >= 0.6 is 0 Å². The standard InChI is InChI=1S/C24H24N4O3S/c1-16(2)14-31-18-4-6-21(22(13-18)30-3)24-20-7-5-19(12-17(20)8-11-26-24)32(29)28-23-9-10-25-15-27-23/h4-13,15-16H,14H2,1-3H3,(H,25,27,28). The zero-order valence-electron chi connectivity index (χ0n) is 18.1. The molecule has 4 aromatic rings. The Morgan fingerprint density at radius 1 is 1.03 bits per heavy atom. The lowest BCUT2D eigenvalue weighted by Crippen LogP contribution is -2.06. The van der Waals surface area contributed by atoms with Crippen LogP contribution in [0.15, 0.2) is 72.1 Å². The van der Waals surface area contributed by atoms with Crippen molar-refractivity contribution in [2.75, 3.05) is 18.4 Å². The molecule has 0 amide bonds. The molecule has 1 atom stereocenters. The number of rotatable bonds is 8. The average Bonchev–Trinajstić information content (AvgIpc) is 2.82. The van der Waals surface area contributed by atoms with E-state index >= 15 is 0 Å². The predicted molar refractivity (Wildman–Crippen MR) is 126 cm³/mol. The van der Waals surface area contributed by atoms with Crippen molar-refractivity contribution in [1.29, 1.82) is 0 Å². The van der Waals surface area contributed by atoms with Gasteiger partial charge in [0, 0.05) is 29.4 Å². The number of fused-ring (bicyclic) bond motifs is 1. The van der Waals surface area contributed by atoms with Crippen LogP contribution in [0, 0.1) is 5.92 Å². The molecule has 0 aliphatic carbocycles. The number of anilines is 1.